The molecule has 0 N–H and O–H groups in total. The molecule has 0 aliphatic heterocycles. The van der Waals surface area contributed by atoms with Crippen molar-refractivity contribution in [3.05, 3.63) is 12.5 Å². The summed E-state index contributed by atoms with van der Waals surface area (Å²) in [5, 5.41) is 9.60. The van der Waals surface area contributed by atoms with E-state index in [9.17, 15) is 5.11 Å². The lowest BCUT2D eigenvalue weighted by atomic mass is 10.8. The average Bonchev–Trinajstić information content (AvgIpc) is 1.35. The zero-order chi connectivity index (χ0) is 4.99. The summed E-state index contributed by atoms with van der Waals surface area (Å²) in [7, 11) is 0. The van der Waals surface area contributed by atoms with Crippen LogP contribution in [0.4, 0.5) is 0 Å². The average molecular weight is 86.1 g/mol. The molecule has 0 heterocycles. The normalized spacial score (nSPS) is 7.33. The Bertz CT molecular complexity index is 49.5. The third kappa shape index (κ3) is 3.25. The molecular weight excluding hydrogens is 80.0 g/mol. The van der Waals surface area contributed by atoms with Crippen LogP contribution < -0.4 is 5.11 Å². The van der Waals surface area contributed by atoms with Crippen molar-refractivity contribution in [3.8, 4) is 0 Å². The molecule has 0 atom stereocenters. The van der Waals surface area contributed by atoms with Crippen molar-refractivity contribution in [3.63, 3.8) is 0 Å². The van der Waals surface area contributed by atoms with E-state index in [1.54, 1.807) is 6.92 Å². The Balaban J connectivity index is 2.83. The Kier molecular flexibility index (Phi) is 2.17. The lowest BCUT2D eigenvalue weighted by Crippen LogP contribution is -2.04. The van der Waals surface area contributed by atoms with E-state index in [1.807, 2.05) is 0 Å². The molecule has 6 heavy (non-hydrogen) atoms. The summed E-state index contributed by atoms with van der Waals surface area (Å²) in [5.74, 6) is -0.711. The van der Waals surface area contributed by atoms with Crippen molar-refractivity contribution < 1.29 is 9.84 Å². The fourth-order valence-electron chi connectivity index (χ4n) is 0.142. The molecular formula is C4H6O2. The van der Waals surface area contributed by atoms with Crippen LogP contribution >= 0.6 is 0 Å². The number of rotatable bonds is 2. The molecule has 2 heteroatoms. The first-order valence-corrected chi connectivity index (χ1v) is 1.69. The Hall–Kier alpha value is -0.750. The summed E-state index contributed by atoms with van der Waals surface area (Å²) < 4.78 is 4.18. The van der Waals surface area contributed by atoms with Crippen LogP contribution in [-0.2, 0) is 4.74 Å². The quantitative estimate of drug-likeness (QED) is 0.340. The largest absolute Gasteiger partial charge is 0.576 e. The molecule has 0 amide bonds. The first-order chi connectivity index (χ1) is 2.77. The summed E-state index contributed by atoms with van der Waals surface area (Å²) in [4.78, 5) is 0. The van der Waals surface area contributed by atoms with E-state index >= 15 is 0 Å². The molecule has 0 aliphatic rings. The van der Waals surface area contributed by atoms with E-state index in [0.717, 1.165) is 0 Å². The molecule has 0 spiro atoms. The first kappa shape index (κ1) is 5.25. The summed E-state index contributed by atoms with van der Waals surface area (Å²) in [5.41, 5.74) is 0. The van der Waals surface area contributed by atoms with Crippen molar-refractivity contribution in [2.75, 3.05) is 6.61 Å². The van der Waals surface area contributed by atoms with Crippen LogP contribution in [0.2, 0.25) is 0 Å². The zero-order valence-corrected chi connectivity index (χ0v) is 3.60. The van der Waals surface area contributed by atoms with Gasteiger partial charge in [0.05, 0.1) is 0 Å². The number of hydrogen-bond donors (Lipinski definition) is 0. The van der Waals surface area contributed by atoms with Gasteiger partial charge in [0.2, 0.25) is 6.58 Å². The highest BCUT2D eigenvalue weighted by molar-refractivity contribution is 4.51. The van der Waals surface area contributed by atoms with E-state index < -0.39 is 5.95 Å². The smallest absolute Gasteiger partial charge is 0.318 e. The summed E-state index contributed by atoms with van der Waals surface area (Å²) >= 11 is 0. The molecule has 0 saturated heterocycles. The standard InChI is InChI=1S/C4H6O2/c1-3-6-4(2)5/h2H,3H2,1H3. The van der Waals surface area contributed by atoms with E-state index in [-0.39, 0.29) is 0 Å². The van der Waals surface area contributed by atoms with Gasteiger partial charge in [-0.05, 0) is 6.61 Å². The van der Waals surface area contributed by atoms with E-state index in [1.165, 1.54) is 0 Å². The highest BCUT2D eigenvalue weighted by atomic mass is 16.6. The minimum Gasteiger partial charge on any atom is -0.576 e. The SMILES string of the molecule is [CH+]=C([O-])OCC. The van der Waals surface area contributed by atoms with Gasteiger partial charge in [0, 0.05) is 0 Å². The maximum Gasteiger partial charge on any atom is 0.318 e. The van der Waals surface area contributed by atoms with Gasteiger partial charge < -0.3 is 9.84 Å². The molecule has 34 valence electrons. The van der Waals surface area contributed by atoms with Gasteiger partial charge in [-0.15, -0.1) is 0 Å². The van der Waals surface area contributed by atoms with Crippen LogP contribution in [0.3, 0.4) is 0 Å². The molecule has 0 aromatic rings. The molecule has 0 bridgehead atoms. The number of ether oxygens (including phenoxy) is 1. The third-order valence-corrected chi connectivity index (χ3v) is 0.287. The van der Waals surface area contributed by atoms with Gasteiger partial charge in [-0.2, -0.15) is 0 Å². The third-order valence-electron chi connectivity index (χ3n) is 0.287. The molecule has 0 unspecified atom stereocenters. The lowest BCUT2D eigenvalue weighted by Gasteiger charge is -1.98. The van der Waals surface area contributed by atoms with E-state index in [0.29, 0.717) is 6.61 Å². The Morgan fingerprint density at radius 1 is 2.00 bits per heavy atom. The van der Waals surface area contributed by atoms with Crippen LogP contribution in [0.5, 0.6) is 0 Å². The Morgan fingerprint density at radius 2 is 2.50 bits per heavy atom. The van der Waals surface area contributed by atoms with Crippen molar-refractivity contribution in [2.24, 2.45) is 0 Å². The minimum atomic E-state index is -0.711. The summed E-state index contributed by atoms with van der Waals surface area (Å²) in [6.45, 7) is 6.60. The van der Waals surface area contributed by atoms with Gasteiger partial charge in [-0.3, -0.25) is 0 Å². The zero-order valence-electron chi connectivity index (χ0n) is 3.60. The molecule has 0 rings (SSSR count). The maximum atomic E-state index is 9.60. The first-order valence-electron chi connectivity index (χ1n) is 1.69. The fourth-order valence-corrected chi connectivity index (χ4v) is 0.142. The lowest BCUT2D eigenvalue weighted by molar-refractivity contribution is -0.356. The Morgan fingerprint density at radius 3 is 2.50 bits per heavy atom. The maximum absolute atomic E-state index is 9.60. The van der Waals surface area contributed by atoms with Crippen LogP contribution in [0, 0.1) is 6.58 Å². The molecule has 0 saturated carbocycles. The van der Waals surface area contributed by atoms with E-state index in [2.05, 4.69) is 11.3 Å². The predicted octanol–water partition coefficient (Wildman–Crippen LogP) is -0.342. The summed E-state index contributed by atoms with van der Waals surface area (Å²) in [6, 6.07) is 0. The minimum absolute atomic E-state index is 0.356. The highest BCUT2D eigenvalue weighted by Gasteiger charge is 1.76. The molecule has 2 nitrogen and oxygen atoms in total. The second kappa shape index (κ2) is 2.49. The van der Waals surface area contributed by atoms with Crippen LogP contribution in [-0.4, -0.2) is 6.61 Å². The molecule has 0 aromatic carbocycles. The highest BCUT2D eigenvalue weighted by Crippen LogP contribution is 1.75. The molecule has 0 aliphatic carbocycles. The van der Waals surface area contributed by atoms with Crippen molar-refractivity contribution in [1.29, 1.82) is 0 Å². The van der Waals surface area contributed by atoms with Gasteiger partial charge in [0.25, 0.3) is 0 Å². The van der Waals surface area contributed by atoms with Gasteiger partial charge in [-0.25, -0.2) is 0 Å². The van der Waals surface area contributed by atoms with E-state index in [4.69, 9.17) is 0 Å². The molecule has 0 fully saturated rings. The predicted molar refractivity (Wildman–Crippen MR) is 19.4 cm³/mol. The molecule has 0 radical (unpaired) electrons. The van der Waals surface area contributed by atoms with Gasteiger partial charge in [-0.1, -0.05) is 6.92 Å². The van der Waals surface area contributed by atoms with Gasteiger partial charge in [0.1, 0.15) is 0 Å². The van der Waals surface area contributed by atoms with Crippen LogP contribution in [0.1, 0.15) is 6.92 Å². The van der Waals surface area contributed by atoms with Crippen molar-refractivity contribution in [1.82, 2.24) is 0 Å². The van der Waals surface area contributed by atoms with Gasteiger partial charge >= 0.3 is 5.95 Å². The fraction of sp³-hybridized carbons (Fsp3) is 0.500. The number of hydrogen-bond acceptors (Lipinski definition) is 2. The second-order valence-corrected chi connectivity index (χ2v) is 0.752. The van der Waals surface area contributed by atoms with Crippen molar-refractivity contribution >= 4 is 0 Å². The second-order valence-electron chi connectivity index (χ2n) is 0.752. The Labute approximate surface area is 37.1 Å². The topological polar surface area (TPSA) is 32.3 Å². The van der Waals surface area contributed by atoms with Crippen LogP contribution in [0.25, 0.3) is 0 Å². The van der Waals surface area contributed by atoms with Gasteiger partial charge in [0.15, 0.2) is 0 Å². The van der Waals surface area contributed by atoms with Crippen LogP contribution in [0.15, 0.2) is 5.95 Å². The summed E-state index contributed by atoms with van der Waals surface area (Å²) in [6.07, 6.45) is 0. The van der Waals surface area contributed by atoms with Crippen molar-refractivity contribution in [2.45, 2.75) is 6.92 Å². The monoisotopic (exact) mass is 86.0 g/mol. The molecule has 0 aromatic heterocycles.